The van der Waals surface area contributed by atoms with Crippen LogP contribution in [0.15, 0.2) is 66.7 Å². The molecule has 1 atom stereocenters. The molecule has 0 fully saturated rings. The minimum atomic E-state index is -0.201. The molecule has 0 spiro atoms. The van der Waals surface area contributed by atoms with Crippen LogP contribution in [0.1, 0.15) is 31.7 Å². The summed E-state index contributed by atoms with van der Waals surface area (Å²) in [6, 6.07) is 22.1. The Morgan fingerprint density at radius 1 is 1.00 bits per heavy atom. The van der Waals surface area contributed by atoms with Gasteiger partial charge in [-0.1, -0.05) is 49.4 Å². The number of hydrogen-bond acceptors (Lipinski definition) is 2. The number of rotatable bonds is 6. The zero-order valence-corrected chi connectivity index (χ0v) is 15.6. The molecule has 0 saturated heterocycles. The highest BCUT2D eigenvalue weighted by molar-refractivity contribution is 5.98. The molecule has 3 rings (SSSR count). The molecule has 3 aromatic carbocycles. The van der Waals surface area contributed by atoms with Crippen LogP contribution in [0, 0.1) is 0 Å². The molecule has 3 heteroatoms. The minimum absolute atomic E-state index is 0.130. The second-order valence-corrected chi connectivity index (χ2v) is 6.52. The summed E-state index contributed by atoms with van der Waals surface area (Å²) in [5.41, 5.74) is 1.99. The van der Waals surface area contributed by atoms with E-state index in [1.165, 1.54) is 0 Å². The van der Waals surface area contributed by atoms with Crippen LogP contribution < -0.4 is 9.64 Å². The number of anilines is 1. The summed E-state index contributed by atoms with van der Waals surface area (Å²) >= 11 is 0. The van der Waals surface area contributed by atoms with E-state index in [1.54, 1.807) is 7.11 Å². The molecular formula is C23H25NO2. The molecule has 134 valence electrons. The van der Waals surface area contributed by atoms with Crippen molar-refractivity contribution in [1.82, 2.24) is 0 Å². The first-order valence-electron chi connectivity index (χ1n) is 9.08. The average molecular weight is 347 g/mol. The first-order chi connectivity index (χ1) is 12.6. The van der Waals surface area contributed by atoms with E-state index in [4.69, 9.17) is 4.74 Å². The van der Waals surface area contributed by atoms with Gasteiger partial charge in [0.1, 0.15) is 5.75 Å². The third-order valence-corrected chi connectivity index (χ3v) is 4.72. The Kier molecular flexibility index (Phi) is 5.57. The molecular weight excluding hydrogens is 322 g/mol. The lowest BCUT2D eigenvalue weighted by Crippen LogP contribution is -2.35. The lowest BCUT2D eigenvalue weighted by Gasteiger charge is -2.26. The first-order valence-corrected chi connectivity index (χ1v) is 9.08. The normalized spacial score (nSPS) is 12.0. The molecule has 0 unspecified atom stereocenters. The van der Waals surface area contributed by atoms with Gasteiger partial charge in [-0.2, -0.15) is 0 Å². The van der Waals surface area contributed by atoms with Crippen molar-refractivity contribution in [3.63, 3.8) is 0 Å². The van der Waals surface area contributed by atoms with Gasteiger partial charge in [0.15, 0.2) is 0 Å². The number of methoxy groups -OCH3 is 1. The highest BCUT2D eigenvalue weighted by Crippen LogP contribution is 2.27. The molecule has 0 aliphatic rings. The number of carbonyl (C=O) groups is 1. The third-order valence-electron chi connectivity index (χ3n) is 4.72. The lowest BCUT2D eigenvalue weighted by atomic mass is 9.96. The zero-order valence-electron chi connectivity index (χ0n) is 15.6. The highest BCUT2D eigenvalue weighted by atomic mass is 16.5. The van der Waals surface area contributed by atoms with Crippen LogP contribution in [0.4, 0.5) is 5.69 Å². The van der Waals surface area contributed by atoms with E-state index in [2.05, 4.69) is 19.1 Å². The molecule has 0 N–H and O–H groups in total. The second-order valence-electron chi connectivity index (χ2n) is 6.52. The molecule has 26 heavy (non-hydrogen) atoms. The van der Waals surface area contributed by atoms with Gasteiger partial charge in [0.25, 0.3) is 0 Å². The van der Waals surface area contributed by atoms with Crippen LogP contribution in [0.2, 0.25) is 0 Å². The van der Waals surface area contributed by atoms with Crippen molar-refractivity contribution in [2.75, 3.05) is 18.6 Å². The van der Waals surface area contributed by atoms with Crippen molar-refractivity contribution >= 4 is 22.4 Å². The van der Waals surface area contributed by atoms with Gasteiger partial charge in [0.2, 0.25) is 5.91 Å². The van der Waals surface area contributed by atoms with E-state index in [9.17, 15) is 4.79 Å². The third kappa shape index (κ3) is 3.72. The van der Waals surface area contributed by atoms with E-state index in [0.717, 1.165) is 40.7 Å². The highest BCUT2D eigenvalue weighted by Gasteiger charge is 2.22. The standard InChI is InChI=1S/C23H25NO2/c1-4-14-24(21-8-6-5-7-9-21)23(25)17(2)18-10-11-20-16-22(26-3)13-12-19(20)15-18/h5-13,15-17H,4,14H2,1-3H3/t17-/m0/s1. The van der Waals surface area contributed by atoms with Crippen LogP contribution in [0.3, 0.4) is 0 Å². The van der Waals surface area contributed by atoms with Crippen LogP contribution >= 0.6 is 0 Å². The molecule has 3 aromatic rings. The Labute approximate surface area is 155 Å². The molecule has 1 amide bonds. The summed E-state index contributed by atoms with van der Waals surface area (Å²) in [6.45, 7) is 4.80. The second kappa shape index (κ2) is 8.05. The van der Waals surface area contributed by atoms with E-state index >= 15 is 0 Å². The van der Waals surface area contributed by atoms with Crippen LogP contribution in [0.5, 0.6) is 5.75 Å². The van der Waals surface area contributed by atoms with Gasteiger partial charge < -0.3 is 9.64 Å². The number of nitrogens with zero attached hydrogens (tertiary/aromatic N) is 1. The Bertz CT molecular complexity index is 889. The Morgan fingerprint density at radius 2 is 1.69 bits per heavy atom. The quantitative estimate of drug-likeness (QED) is 0.598. The molecule has 0 bridgehead atoms. The smallest absolute Gasteiger partial charge is 0.234 e. The fourth-order valence-corrected chi connectivity index (χ4v) is 3.21. The molecule has 0 heterocycles. The predicted molar refractivity (Wildman–Crippen MR) is 108 cm³/mol. The summed E-state index contributed by atoms with van der Waals surface area (Å²) in [5.74, 6) is 0.770. The Morgan fingerprint density at radius 3 is 2.38 bits per heavy atom. The molecule has 0 radical (unpaired) electrons. The van der Waals surface area contributed by atoms with Gasteiger partial charge >= 0.3 is 0 Å². The van der Waals surface area contributed by atoms with E-state index in [-0.39, 0.29) is 11.8 Å². The zero-order chi connectivity index (χ0) is 18.5. The van der Waals surface area contributed by atoms with E-state index in [0.29, 0.717) is 0 Å². The maximum atomic E-state index is 13.2. The van der Waals surface area contributed by atoms with Gasteiger partial charge in [-0.25, -0.2) is 0 Å². The molecule has 0 aliphatic heterocycles. The van der Waals surface area contributed by atoms with Crippen molar-refractivity contribution < 1.29 is 9.53 Å². The first kappa shape index (κ1) is 18.0. The number of fused-ring (bicyclic) bond motifs is 1. The predicted octanol–water partition coefficient (Wildman–Crippen LogP) is 5.40. The lowest BCUT2D eigenvalue weighted by molar-refractivity contribution is -0.119. The van der Waals surface area contributed by atoms with Crippen molar-refractivity contribution in [1.29, 1.82) is 0 Å². The SMILES string of the molecule is CCCN(C(=O)[C@@H](C)c1ccc2cc(OC)ccc2c1)c1ccccc1. The van der Waals surface area contributed by atoms with Gasteiger partial charge in [-0.05, 0) is 53.9 Å². The van der Waals surface area contributed by atoms with E-state index in [1.807, 2.05) is 66.4 Å². The fourth-order valence-electron chi connectivity index (χ4n) is 3.21. The summed E-state index contributed by atoms with van der Waals surface area (Å²) < 4.78 is 5.28. The topological polar surface area (TPSA) is 29.5 Å². The number of amides is 1. The molecule has 3 nitrogen and oxygen atoms in total. The number of hydrogen-bond donors (Lipinski definition) is 0. The van der Waals surface area contributed by atoms with Gasteiger partial charge in [-0.15, -0.1) is 0 Å². The van der Waals surface area contributed by atoms with Crippen LogP contribution in [0.25, 0.3) is 10.8 Å². The van der Waals surface area contributed by atoms with Crippen molar-refractivity contribution in [3.8, 4) is 5.75 Å². The minimum Gasteiger partial charge on any atom is -0.497 e. The van der Waals surface area contributed by atoms with Gasteiger partial charge in [0.05, 0.1) is 13.0 Å². The molecule has 0 aliphatic carbocycles. The molecule has 0 saturated carbocycles. The van der Waals surface area contributed by atoms with Crippen LogP contribution in [-0.4, -0.2) is 19.6 Å². The summed E-state index contributed by atoms with van der Waals surface area (Å²) in [4.78, 5) is 15.1. The van der Waals surface area contributed by atoms with Crippen molar-refractivity contribution in [2.24, 2.45) is 0 Å². The molecule has 0 aromatic heterocycles. The Hall–Kier alpha value is -2.81. The maximum absolute atomic E-state index is 13.2. The number of ether oxygens (including phenoxy) is 1. The van der Waals surface area contributed by atoms with Crippen LogP contribution in [-0.2, 0) is 4.79 Å². The average Bonchev–Trinajstić information content (AvgIpc) is 2.70. The number of para-hydroxylation sites is 1. The number of benzene rings is 3. The largest absolute Gasteiger partial charge is 0.497 e. The van der Waals surface area contributed by atoms with Gasteiger partial charge in [-0.3, -0.25) is 4.79 Å². The van der Waals surface area contributed by atoms with Crippen molar-refractivity contribution in [2.45, 2.75) is 26.2 Å². The fraction of sp³-hybridized carbons (Fsp3) is 0.261. The summed E-state index contributed by atoms with van der Waals surface area (Å²) in [7, 11) is 1.67. The monoisotopic (exact) mass is 347 g/mol. The van der Waals surface area contributed by atoms with Crippen molar-refractivity contribution in [3.05, 3.63) is 72.3 Å². The summed E-state index contributed by atoms with van der Waals surface area (Å²) in [6.07, 6.45) is 0.921. The van der Waals surface area contributed by atoms with E-state index < -0.39 is 0 Å². The van der Waals surface area contributed by atoms with Gasteiger partial charge in [0, 0.05) is 12.2 Å². The number of carbonyl (C=O) groups excluding carboxylic acids is 1. The Balaban J connectivity index is 1.90. The summed E-state index contributed by atoms with van der Waals surface area (Å²) in [5, 5.41) is 2.23. The maximum Gasteiger partial charge on any atom is 0.234 e.